The van der Waals surface area contributed by atoms with Gasteiger partial charge in [0, 0.05) is 12.6 Å². The number of ether oxygens (including phenoxy) is 1. The van der Waals surface area contributed by atoms with Crippen LogP contribution in [0, 0.1) is 6.92 Å². The molecule has 1 heterocycles. The highest BCUT2D eigenvalue weighted by Gasteiger charge is 2.04. The molecule has 2 rings (SSSR count). The van der Waals surface area contributed by atoms with E-state index in [2.05, 4.69) is 11.9 Å². The number of hydrogen-bond acceptors (Lipinski definition) is 4. The Morgan fingerprint density at radius 3 is 2.72 bits per heavy atom. The molecule has 18 heavy (non-hydrogen) atoms. The smallest absolute Gasteiger partial charge is 0.119 e. The number of aromatic nitrogens is 1. The van der Waals surface area contributed by atoms with E-state index in [1.54, 1.807) is 6.20 Å². The van der Waals surface area contributed by atoms with Gasteiger partial charge in [-0.2, -0.15) is 0 Å². The van der Waals surface area contributed by atoms with Crippen LogP contribution >= 0.6 is 23.6 Å². The van der Waals surface area contributed by atoms with Crippen molar-refractivity contribution in [3.05, 3.63) is 45.9 Å². The van der Waals surface area contributed by atoms with Crippen molar-refractivity contribution in [3.63, 3.8) is 0 Å². The molecule has 0 amide bonds. The number of rotatable bonds is 5. The molecule has 5 heteroatoms. The van der Waals surface area contributed by atoms with Gasteiger partial charge in [-0.05, 0) is 19.1 Å². The van der Waals surface area contributed by atoms with Crippen molar-refractivity contribution in [2.24, 2.45) is 5.73 Å². The highest BCUT2D eigenvalue weighted by Crippen LogP contribution is 2.15. The number of aryl methyl sites for hydroxylation is 1. The fourth-order valence-electron chi connectivity index (χ4n) is 1.43. The van der Waals surface area contributed by atoms with E-state index in [1.165, 1.54) is 16.9 Å². The molecule has 0 spiro atoms. The first-order chi connectivity index (χ1) is 8.65. The number of nitrogens with zero attached hydrogens (tertiary/aromatic N) is 1. The normalized spacial score (nSPS) is 10.3. The molecule has 0 unspecified atom stereocenters. The summed E-state index contributed by atoms with van der Waals surface area (Å²) in [7, 11) is 0. The molecular formula is C13H14N2OS2. The zero-order chi connectivity index (χ0) is 13.0. The summed E-state index contributed by atoms with van der Waals surface area (Å²) in [5.74, 6) is 0.881. The Bertz CT molecular complexity index is 534. The quantitative estimate of drug-likeness (QED) is 0.854. The van der Waals surface area contributed by atoms with Crippen LogP contribution in [-0.4, -0.2) is 16.6 Å². The van der Waals surface area contributed by atoms with Gasteiger partial charge in [-0.25, -0.2) is 4.98 Å². The average Bonchev–Trinajstić information content (AvgIpc) is 2.81. The molecule has 0 aliphatic carbocycles. The fourth-order valence-corrected chi connectivity index (χ4v) is 2.36. The van der Waals surface area contributed by atoms with E-state index in [0.29, 0.717) is 11.6 Å². The van der Waals surface area contributed by atoms with E-state index >= 15 is 0 Å². The maximum atomic E-state index is 5.64. The first kappa shape index (κ1) is 13.0. The fraction of sp³-hybridized carbons (Fsp3) is 0.231. The predicted octanol–water partition coefficient (Wildman–Crippen LogP) is 2.71. The number of benzene rings is 1. The lowest BCUT2D eigenvalue weighted by Gasteiger charge is -2.04. The molecule has 0 aliphatic rings. The Kier molecular flexibility index (Phi) is 4.28. The van der Waals surface area contributed by atoms with Crippen LogP contribution in [0.15, 0.2) is 30.5 Å². The summed E-state index contributed by atoms with van der Waals surface area (Å²) in [5.41, 5.74) is 6.76. The molecule has 3 nitrogen and oxygen atoms in total. The van der Waals surface area contributed by atoms with Gasteiger partial charge in [0.2, 0.25) is 0 Å². The molecular weight excluding hydrogens is 264 g/mol. The predicted molar refractivity (Wildman–Crippen MR) is 78.4 cm³/mol. The van der Waals surface area contributed by atoms with Gasteiger partial charge in [0.1, 0.15) is 10.7 Å². The largest absolute Gasteiger partial charge is 0.493 e. The van der Waals surface area contributed by atoms with Crippen LogP contribution in [-0.2, 0) is 6.42 Å². The summed E-state index contributed by atoms with van der Waals surface area (Å²) < 4.78 is 5.64. The van der Waals surface area contributed by atoms with Crippen LogP contribution in [0.2, 0.25) is 0 Å². The van der Waals surface area contributed by atoms with E-state index < -0.39 is 0 Å². The van der Waals surface area contributed by atoms with Crippen LogP contribution in [0.25, 0.3) is 0 Å². The molecule has 0 saturated heterocycles. The minimum absolute atomic E-state index is 0.401. The highest BCUT2D eigenvalue weighted by molar-refractivity contribution is 7.81. The molecule has 0 bridgehead atoms. The Balaban J connectivity index is 1.84. The zero-order valence-corrected chi connectivity index (χ0v) is 11.7. The SMILES string of the molecule is Cc1ccc(OCCc2ncc(C(N)=S)s2)cc1. The standard InChI is InChI=1S/C13H14N2OS2/c1-9-2-4-10(5-3-9)16-7-6-12-15-8-11(18-12)13(14)17/h2-5,8H,6-7H2,1H3,(H2,14,17). The van der Waals surface area contributed by atoms with E-state index in [4.69, 9.17) is 22.7 Å². The Morgan fingerprint density at radius 1 is 1.39 bits per heavy atom. The first-order valence-electron chi connectivity index (χ1n) is 5.59. The minimum atomic E-state index is 0.401. The summed E-state index contributed by atoms with van der Waals surface area (Å²) in [6.45, 7) is 2.66. The molecule has 0 atom stereocenters. The van der Waals surface area contributed by atoms with Crippen LogP contribution in [0.3, 0.4) is 0 Å². The minimum Gasteiger partial charge on any atom is -0.493 e. The molecule has 0 fully saturated rings. The van der Waals surface area contributed by atoms with Crippen LogP contribution in [0.5, 0.6) is 5.75 Å². The summed E-state index contributed by atoms with van der Waals surface area (Å²) in [5, 5.41) is 0.991. The Hall–Kier alpha value is -1.46. The summed E-state index contributed by atoms with van der Waals surface area (Å²) in [6.07, 6.45) is 2.48. The van der Waals surface area contributed by atoms with Gasteiger partial charge in [0.05, 0.1) is 16.5 Å². The van der Waals surface area contributed by atoms with Crippen molar-refractivity contribution < 1.29 is 4.74 Å². The van der Waals surface area contributed by atoms with Gasteiger partial charge in [0.15, 0.2) is 0 Å². The lowest BCUT2D eigenvalue weighted by Crippen LogP contribution is -2.06. The third-order valence-electron chi connectivity index (χ3n) is 2.40. The van der Waals surface area contributed by atoms with Gasteiger partial charge in [-0.15, -0.1) is 11.3 Å². The molecule has 0 aliphatic heterocycles. The average molecular weight is 278 g/mol. The van der Waals surface area contributed by atoms with Crippen molar-refractivity contribution in [2.45, 2.75) is 13.3 Å². The van der Waals surface area contributed by atoms with Gasteiger partial charge in [-0.1, -0.05) is 29.9 Å². The van der Waals surface area contributed by atoms with Crippen molar-refractivity contribution in [1.29, 1.82) is 0 Å². The number of hydrogen-bond donors (Lipinski definition) is 1. The summed E-state index contributed by atoms with van der Waals surface area (Å²) >= 11 is 6.41. The van der Waals surface area contributed by atoms with Gasteiger partial charge < -0.3 is 10.5 Å². The maximum absolute atomic E-state index is 5.64. The molecule has 0 saturated carbocycles. The second-order valence-corrected chi connectivity index (χ2v) is 5.45. The first-order valence-corrected chi connectivity index (χ1v) is 6.81. The molecule has 2 N–H and O–H groups in total. The number of nitrogens with two attached hydrogens (primary N) is 1. The maximum Gasteiger partial charge on any atom is 0.119 e. The topological polar surface area (TPSA) is 48.1 Å². The monoisotopic (exact) mass is 278 g/mol. The zero-order valence-electron chi connectivity index (χ0n) is 10.1. The van der Waals surface area contributed by atoms with Gasteiger partial charge in [-0.3, -0.25) is 0 Å². The van der Waals surface area contributed by atoms with Crippen molar-refractivity contribution in [2.75, 3.05) is 6.61 Å². The van der Waals surface area contributed by atoms with Crippen molar-refractivity contribution >= 4 is 28.5 Å². The molecule has 94 valence electrons. The van der Waals surface area contributed by atoms with E-state index in [0.717, 1.165) is 22.1 Å². The summed E-state index contributed by atoms with van der Waals surface area (Å²) in [6, 6.07) is 8.00. The molecule has 1 aromatic carbocycles. The van der Waals surface area contributed by atoms with Crippen molar-refractivity contribution in [1.82, 2.24) is 4.98 Å². The third kappa shape index (κ3) is 3.51. The Morgan fingerprint density at radius 2 is 2.11 bits per heavy atom. The van der Waals surface area contributed by atoms with E-state index in [1.807, 2.05) is 24.3 Å². The second-order valence-electron chi connectivity index (χ2n) is 3.89. The van der Waals surface area contributed by atoms with Crippen molar-refractivity contribution in [3.8, 4) is 5.75 Å². The summed E-state index contributed by atoms with van der Waals surface area (Å²) in [4.78, 5) is 5.51. The van der Waals surface area contributed by atoms with E-state index in [-0.39, 0.29) is 0 Å². The highest BCUT2D eigenvalue weighted by atomic mass is 32.1. The Labute approximate surface area is 116 Å². The number of thiocarbonyl (C=S) groups is 1. The molecule has 0 radical (unpaired) electrons. The molecule has 2 aromatic rings. The van der Waals surface area contributed by atoms with Crippen LogP contribution in [0.1, 0.15) is 15.4 Å². The molecule has 1 aromatic heterocycles. The van der Waals surface area contributed by atoms with Crippen LogP contribution < -0.4 is 10.5 Å². The van der Waals surface area contributed by atoms with Crippen LogP contribution in [0.4, 0.5) is 0 Å². The van der Waals surface area contributed by atoms with Gasteiger partial charge in [0.25, 0.3) is 0 Å². The van der Waals surface area contributed by atoms with E-state index in [9.17, 15) is 0 Å². The second kappa shape index (κ2) is 5.93. The van der Waals surface area contributed by atoms with Gasteiger partial charge >= 0.3 is 0 Å². The lowest BCUT2D eigenvalue weighted by atomic mass is 10.2. The number of thiazole rings is 1. The lowest BCUT2D eigenvalue weighted by molar-refractivity contribution is 0.321. The third-order valence-corrected chi connectivity index (χ3v) is 3.84.